The van der Waals surface area contributed by atoms with Crippen LogP contribution in [0.1, 0.15) is 44.0 Å². The van der Waals surface area contributed by atoms with Crippen molar-refractivity contribution in [2.75, 3.05) is 6.79 Å². The molecule has 1 aromatic carbocycles. The highest BCUT2D eigenvalue weighted by atomic mass is 19.1. The number of nitrogens with two attached hydrogens (primary N) is 1. The molecule has 1 aliphatic carbocycles. The lowest BCUT2D eigenvalue weighted by atomic mass is 9.87. The first-order valence-electron chi connectivity index (χ1n) is 6.38. The van der Waals surface area contributed by atoms with Crippen LogP contribution in [0.25, 0.3) is 0 Å². The Labute approximate surface area is 106 Å². The molecule has 3 rings (SSSR count). The summed E-state index contributed by atoms with van der Waals surface area (Å²) in [6.45, 7) is 3.75. The van der Waals surface area contributed by atoms with Crippen molar-refractivity contribution >= 4 is 0 Å². The molecule has 4 heteroatoms. The van der Waals surface area contributed by atoms with E-state index in [2.05, 4.69) is 0 Å². The standard InChI is InChI=1S/C14H18FNO2/c1-8(15)10-5-11(14(3-4-14)9(2)16)13-12(6-10)17-7-18-13/h5-6,8-9H,3-4,7,16H2,1-2H3. The summed E-state index contributed by atoms with van der Waals surface area (Å²) in [6.07, 6.45) is 1.05. The summed E-state index contributed by atoms with van der Waals surface area (Å²) in [7, 11) is 0. The van der Waals surface area contributed by atoms with E-state index in [-0.39, 0.29) is 18.2 Å². The van der Waals surface area contributed by atoms with Crippen LogP contribution in [0.2, 0.25) is 0 Å². The van der Waals surface area contributed by atoms with Gasteiger partial charge >= 0.3 is 0 Å². The lowest BCUT2D eigenvalue weighted by molar-refractivity contribution is 0.172. The highest BCUT2D eigenvalue weighted by molar-refractivity contribution is 5.56. The monoisotopic (exact) mass is 251 g/mol. The summed E-state index contributed by atoms with van der Waals surface area (Å²) >= 11 is 0. The Morgan fingerprint density at radius 1 is 1.28 bits per heavy atom. The van der Waals surface area contributed by atoms with Gasteiger partial charge in [0.15, 0.2) is 11.5 Å². The normalized spacial score (nSPS) is 22.7. The van der Waals surface area contributed by atoms with Gasteiger partial charge in [0, 0.05) is 17.0 Å². The first-order valence-corrected chi connectivity index (χ1v) is 6.38. The molecule has 0 aromatic heterocycles. The van der Waals surface area contributed by atoms with E-state index in [0.29, 0.717) is 11.3 Å². The zero-order chi connectivity index (χ0) is 12.9. The van der Waals surface area contributed by atoms with Gasteiger partial charge in [-0.25, -0.2) is 4.39 Å². The van der Waals surface area contributed by atoms with E-state index < -0.39 is 6.17 Å². The number of hydrogen-bond donors (Lipinski definition) is 1. The lowest BCUT2D eigenvalue weighted by Crippen LogP contribution is -2.31. The van der Waals surface area contributed by atoms with Crippen molar-refractivity contribution in [2.24, 2.45) is 5.73 Å². The minimum absolute atomic E-state index is 0.0379. The number of halogens is 1. The van der Waals surface area contributed by atoms with E-state index >= 15 is 0 Å². The molecule has 1 heterocycles. The van der Waals surface area contributed by atoms with Crippen LogP contribution in [0.4, 0.5) is 4.39 Å². The van der Waals surface area contributed by atoms with Crippen LogP contribution in [0.15, 0.2) is 12.1 Å². The molecule has 18 heavy (non-hydrogen) atoms. The summed E-state index contributed by atoms with van der Waals surface area (Å²) in [5.74, 6) is 1.41. The second kappa shape index (κ2) is 3.85. The zero-order valence-electron chi connectivity index (χ0n) is 10.7. The first kappa shape index (κ1) is 11.8. The first-order chi connectivity index (χ1) is 8.54. The Morgan fingerprint density at radius 3 is 2.56 bits per heavy atom. The molecule has 3 nitrogen and oxygen atoms in total. The fourth-order valence-corrected chi connectivity index (χ4v) is 2.74. The maximum absolute atomic E-state index is 13.6. The predicted octanol–water partition coefficient (Wildman–Crippen LogP) is 2.82. The molecule has 2 atom stereocenters. The van der Waals surface area contributed by atoms with Crippen molar-refractivity contribution in [3.05, 3.63) is 23.3 Å². The molecule has 2 unspecified atom stereocenters. The smallest absolute Gasteiger partial charge is 0.231 e. The van der Waals surface area contributed by atoms with Gasteiger partial charge in [0.2, 0.25) is 6.79 Å². The minimum Gasteiger partial charge on any atom is -0.454 e. The molecule has 1 aliphatic heterocycles. The average molecular weight is 251 g/mol. The van der Waals surface area contributed by atoms with Gasteiger partial charge in [0.1, 0.15) is 6.17 Å². The van der Waals surface area contributed by atoms with Crippen LogP contribution in [0, 0.1) is 0 Å². The molecule has 1 fully saturated rings. The van der Waals surface area contributed by atoms with Gasteiger partial charge in [-0.15, -0.1) is 0 Å². The largest absolute Gasteiger partial charge is 0.454 e. The molecule has 98 valence electrons. The highest BCUT2D eigenvalue weighted by Gasteiger charge is 2.50. The number of benzene rings is 1. The van der Waals surface area contributed by atoms with Gasteiger partial charge < -0.3 is 15.2 Å². The third-order valence-corrected chi connectivity index (χ3v) is 4.15. The van der Waals surface area contributed by atoms with Crippen LogP contribution in [0.5, 0.6) is 11.5 Å². The number of rotatable bonds is 3. The zero-order valence-corrected chi connectivity index (χ0v) is 10.7. The number of fused-ring (bicyclic) bond motifs is 1. The van der Waals surface area contributed by atoms with Crippen LogP contribution in [-0.4, -0.2) is 12.8 Å². The van der Waals surface area contributed by atoms with Crippen LogP contribution in [0.3, 0.4) is 0 Å². The Balaban J connectivity index is 2.13. The van der Waals surface area contributed by atoms with Gasteiger partial charge in [0.05, 0.1) is 0 Å². The van der Waals surface area contributed by atoms with Crippen LogP contribution < -0.4 is 15.2 Å². The van der Waals surface area contributed by atoms with Gasteiger partial charge in [-0.1, -0.05) is 0 Å². The predicted molar refractivity (Wildman–Crippen MR) is 66.6 cm³/mol. The second-order valence-electron chi connectivity index (χ2n) is 5.36. The van der Waals surface area contributed by atoms with Crippen LogP contribution in [-0.2, 0) is 5.41 Å². The molecule has 0 saturated heterocycles. The van der Waals surface area contributed by atoms with Crippen molar-refractivity contribution in [1.82, 2.24) is 0 Å². The van der Waals surface area contributed by atoms with Gasteiger partial charge in [-0.2, -0.15) is 0 Å². The van der Waals surface area contributed by atoms with Gasteiger partial charge in [-0.05, 0) is 44.4 Å². The fraction of sp³-hybridized carbons (Fsp3) is 0.571. The molecular weight excluding hydrogens is 233 g/mol. The number of hydrogen-bond acceptors (Lipinski definition) is 3. The van der Waals surface area contributed by atoms with E-state index in [4.69, 9.17) is 15.2 Å². The van der Waals surface area contributed by atoms with Crippen LogP contribution >= 0.6 is 0 Å². The molecule has 0 radical (unpaired) electrons. The molecular formula is C14H18FNO2. The topological polar surface area (TPSA) is 44.5 Å². The molecule has 0 bridgehead atoms. The van der Waals surface area contributed by atoms with Crippen molar-refractivity contribution in [3.63, 3.8) is 0 Å². The Bertz CT molecular complexity index is 481. The maximum atomic E-state index is 13.6. The molecule has 0 spiro atoms. The summed E-state index contributed by atoms with van der Waals surface area (Å²) < 4.78 is 24.5. The Morgan fingerprint density at radius 2 is 2.00 bits per heavy atom. The van der Waals surface area contributed by atoms with Crippen molar-refractivity contribution < 1.29 is 13.9 Å². The SMILES string of the molecule is CC(F)c1cc2c(c(C3(C(C)N)CC3)c1)OCO2. The Hall–Kier alpha value is -1.29. The van der Waals surface area contributed by atoms with Crippen molar-refractivity contribution in [1.29, 1.82) is 0 Å². The molecule has 2 aliphatic rings. The van der Waals surface area contributed by atoms with E-state index in [1.165, 1.54) is 6.92 Å². The summed E-state index contributed by atoms with van der Waals surface area (Å²) in [5, 5.41) is 0. The van der Waals surface area contributed by atoms with E-state index in [0.717, 1.165) is 24.2 Å². The third-order valence-electron chi connectivity index (χ3n) is 4.15. The average Bonchev–Trinajstić information content (AvgIpc) is 3.00. The molecule has 1 aromatic rings. The molecule has 1 saturated carbocycles. The fourth-order valence-electron chi connectivity index (χ4n) is 2.74. The summed E-state index contributed by atoms with van der Waals surface area (Å²) in [5.41, 5.74) is 7.70. The summed E-state index contributed by atoms with van der Waals surface area (Å²) in [6, 6.07) is 3.67. The third kappa shape index (κ3) is 1.59. The van der Waals surface area contributed by atoms with E-state index in [1.54, 1.807) is 6.07 Å². The van der Waals surface area contributed by atoms with E-state index in [1.807, 2.05) is 13.0 Å². The van der Waals surface area contributed by atoms with E-state index in [9.17, 15) is 4.39 Å². The van der Waals surface area contributed by atoms with Gasteiger partial charge in [0.25, 0.3) is 0 Å². The van der Waals surface area contributed by atoms with Crippen molar-refractivity contribution in [2.45, 2.75) is 44.3 Å². The second-order valence-corrected chi connectivity index (χ2v) is 5.36. The summed E-state index contributed by atoms with van der Waals surface area (Å²) in [4.78, 5) is 0. The minimum atomic E-state index is -1.01. The molecule has 0 amide bonds. The quantitative estimate of drug-likeness (QED) is 0.898. The van der Waals surface area contributed by atoms with Gasteiger partial charge in [-0.3, -0.25) is 0 Å². The maximum Gasteiger partial charge on any atom is 0.231 e. The van der Waals surface area contributed by atoms with Crippen molar-refractivity contribution in [3.8, 4) is 11.5 Å². The molecule has 2 N–H and O–H groups in total. The highest BCUT2D eigenvalue weighted by Crippen LogP contribution is 2.56. The lowest BCUT2D eigenvalue weighted by Gasteiger charge is -2.22. The number of alkyl halides is 1. The number of ether oxygens (including phenoxy) is 2. The Kier molecular flexibility index (Phi) is 2.52.